The fraction of sp³-hybridized carbons (Fsp3) is 0.211. The summed E-state index contributed by atoms with van der Waals surface area (Å²) in [7, 11) is 0. The molecule has 7 nitrogen and oxygen atoms in total. The zero-order valence-corrected chi connectivity index (χ0v) is 14.3. The molecule has 4 rings (SSSR count). The van der Waals surface area contributed by atoms with E-state index in [-0.39, 0.29) is 6.54 Å². The van der Waals surface area contributed by atoms with Gasteiger partial charge < -0.3 is 4.42 Å². The van der Waals surface area contributed by atoms with E-state index in [0.29, 0.717) is 44.5 Å². The van der Waals surface area contributed by atoms with Crippen LogP contribution in [0.3, 0.4) is 0 Å². The summed E-state index contributed by atoms with van der Waals surface area (Å²) in [5, 5.41) is 10.3. The smallest absolute Gasteiger partial charge is 0.261 e. The van der Waals surface area contributed by atoms with E-state index < -0.39 is 17.9 Å². The van der Waals surface area contributed by atoms with Crippen molar-refractivity contribution in [2.45, 2.75) is 20.0 Å². The maximum Gasteiger partial charge on any atom is 0.261 e. The van der Waals surface area contributed by atoms with Gasteiger partial charge in [0, 0.05) is 23.3 Å². The number of imide groups is 1. The molecule has 3 aromatic rings. The maximum absolute atomic E-state index is 13.0. The van der Waals surface area contributed by atoms with Crippen LogP contribution in [0.5, 0.6) is 0 Å². The molecule has 1 aliphatic rings. The first-order chi connectivity index (χ1) is 12.4. The number of hydrogen-bond acceptors (Lipinski definition) is 6. The zero-order chi connectivity index (χ0) is 18.6. The highest BCUT2D eigenvalue weighted by Gasteiger charge is 2.35. The third-order valence-corrected chi connectivity index (χ3v) is 4.60. The second-order valence-electron chi connectivity index (χ2n) is 6.39. The number of fused-ring (bicyclic) bond motifs is 2. The van der Waals surface area contributed by atoms with E-state index in [1.54, 1.807) is 38.1 Å². The second kappa shape index (κ2) is 5.76. The fourth-order valence-electron chi connectivity index (χ4n) is 3.32. The molecule has 7 heteroatoms. The molecule has 2 heterocycles. The van der Waals surface area contributed by atoms with Gasteiger partial charge in [-0.3, -0.25) is 19.7 Å². The van der Waals surface area contributed by atoms with Crippen molar-refractivity contribution in [1.29, 1.82) is 0 Å². The summed E-state index contributed by atoms with van der Waals surface area (Å²) in [5.74, 6) is -0.439. The third-order valence-electron chi connectivity index (χ3n) is 4.60. The largest absolute Gasteiger partial charge is 0.440 e. The molecule has 0 spiro atoms. The van der Waals surface area contributed by atoms with Crippen LogP contribution < -0.4 is 0 Å². The minimum atomic E-state index is -0.860. The first-order valence-corrected chi connectivity index (χ1v) is 8.07. The first kappa shape index (κ1) is 16.4. The summed E-state index contributed by atoms with van der Waals surface area (Å²) >= 11 is 0. The van der Waals surface area contributed by atoms with E-state index in [0.717, 1.165) is 4.90 Å². The Kier molecular flexibility index (Phi) is 3.64. The molecule has 1 aromatic heterocycles. The van der Waals surface area contributed by atoms with E-state index in [2.05, 4.69) is 16.5 Å². The van der Waals surface area contributed by atoms with Gasteiger partial charge in [0.15, 0.2) is 11.5 Å². The van der Waals surface area contributed by atoms with Gasteiger partial charge in [-0.2, -0.15) is 0 Å². The number of oxazole rings is 1. The van der Waals surface area contributed by atoms with E-state index in [1.807, 2.05) is 0 Å². The number of nitrogens with zero attached hydrogens (tertiary/aromatic N) is 2. The standard InChI is InChI=1S/C19H16N2O5/c1-9(2)15(26-24)8-21-18(22)12-6-4-5-11-16(12)13(19(21)23)7-14-17(11)25-10(3)20-14/h4-7,15,24H,1,8H2,2-3H3. The number of benzene rings is 2. The van der Waals surface area contributed by atoms with Crippen molar-refractivity contribution in [3.63, 3.8) is 0 Å². The zero-order valence-electron chi connectivity index (χ0n) is 14.3. The van der Waals surface area contributed by atoms with Crippen molar-refractivity contribution in [3.05, 3.63) is 53.4 Å². The Morgan fingerprint density at radius 1 is 1.35 bits per heavy atom. The molecule has 0 saturated heterocycles. The molecule has 1 N–H and O–H groups in total. The van der Waals surface area contributed by atoms with Crippen molar-refractivity contribution < 1.29 is 24.2 Å². The van der Waals surface area contributed by atoms with Crippen LogP contribution >= 0.6 is 0 Å². The number of rotatable bonds is 4. The van der Waals surface area contributed by atoms with Crippen molar-refractivity contribution in [2.24, 2.45) is 0 Å². The lowest BCUT2D eigenvalue weighted by Gasteiger charge is -2.29. The van der Waals surface area contributed by atoms with E-state index in [4.69, 9.17) is 9.67 Å². The summed E-state index contributed by atoms with van der Waals surface area (Å²) < 4.78 is 5.66. The summed E-state index contributed by atoms with van der Waals surface area (Å²) in [6, 6.07) is 6.84. The van der Waals surface area contributed by atoms with E-state index >= 15 is 0 Å². The molecule has 1 atom stereocenters. The minimum absolute atomic E-state index is 0.130. The highest BCUT2D eigenvalue weighted by molar-refractivity contribution is 6.28. The van der Waals surface area contributed by atoms with Gasteiger partial charge in [-0.25, -0.2) is 9.87 Å². The van der Waals surface area contributed by atoms with Crippen LogP contribution in [0.2, 0.25) is 0 Å². The SMILES string of the molecule is C=C(C)C(CN1C(=O)c2cccc3c2c(cc2nc(C)oc23)C1=O)OO. The molecular weight excluding hydrogens is 336 g/mol. The lowest BCUT2D eigenvalue weighted by molar-refractivity contribution is -0.268. The van der Waals surface area contributed by atoms with Crippen LogP contribution in [-0.2, 0) is 4.89 Å². The number of aromatic nitrogens is 1. The Morgan fingerprint density at radius 3 is 2.77 bits per heavy atom. The van der Waals surface area contributed by atoms with Crippen molar-refractivity contribution >= 4 is 33.7 Å². The summed E-state index contributed by atoms with van der Waals surface area (Å²) in [4.78, 5) is 35.7. The normalized spacial score (nSPS) is 15.1. The van der Waals surface area contributed by atoms with Gasteiger partial charge in [0.1, 0.15) is 11.6 Å². The van der Waals surface area contributed by atoms with Gasteiger partial charge in [-0.1, -0.05) is 18.7 Å². The van der Waals surface area contributed by atoms with Crippen molar-refractivity contribution in [2.75, 3.05) is 6.54 Å². The molecule has 1 aliphatic heterocycles. The summed E-state index contributed by atoms with van der Waals surface area (Å²) in [5.41, 5.74) is 2.37. The average Bonchev–Trinajstić information content (AvgIpc) is 2.99. The monoisotopic (exact) mass is 352 g/mol. The predicted octanol–water partition coefficient (Wildman–Crippen LogP) is 3.32. The molecule has 1 unspecified atom stereocenters. The lowest BCUT2D eigenvalue weighted by Crippen LogP contribution is -2.45. The lowest BCUT2D eigenvalue weighted by atomic mass is 9.93. The van der Waals surface area contributed by atoms with Crippen molar-refractivity contribution in [1.82, 2.24) is 9.88 Å². The topological polar surface area (TPSA) is 92.9 Å². The molecule has 2 aromatic carbocycles. The predicted molar refractivity (Wildman–Crippen MR) is 93.9 cm³/mol. The summed E-state index contributed by atoms with van der Waals surface area (Å²) in [6.07, 6.45) is -0.860. The van der Waals surface area contributed by atoms with Gasteiger partial charge in [0.25, 0.3) is 11.8 Å². The van der Waals surface area contributed by atoms with Gasteiger partial charge in [-0.15, -0.1) is 0 Å². The van der Waals surface area contributed by atoms with Crippen LogP contribution in [0.15, 0.2) is 40.8 Å². The number of hydrogen-bond donors (Lipinski definition) is 1. The molecule has 0 fully saturated rings. The first-order valence-electron chi connectivity index (χ1n) is 8.07. The summed E-state index contributed by atoms with van der Waals surface area (Å²) in [6.45, 7) is 6.96. The Balaban J connectivity index is 1.94. The van der Waals surface area contributed by atoms with E-state index in [1.165, 1.54) is 0 Å². The molecule has 2 amide bonds. The van der Waals surface area contributed by atoms with Gasteiger partial charge in [0.2, 0.25) is 0 Å². The third kappa shape index (κ3) is 2.25. The van der Waals surface area contributed by atoms with Crippen LogP contribution in [0, 0.1) is 6.92 Å². The highest BCUT2D eigenvalue weighted by atomic mass is 17.1. The van der Waals surface area contributed by atoms with Gasteiger partial charge >= 0.3 is 0 Å². The van der Waals surface area contributed by atoms with Crippen LogP contribution in [-0.4, -0.2) is 39.6 Å². The fourth-order valence-corrected chi connectivity index (χ4v) is 3.32. The maximum atomic E-state index is 13.0. The number of amides is 2. The molecule has 0 aliphatic carbocycles. The number of carbonyl (C=O) groups is 2. The number of carbonyl (C=O) groups excluding carboxylic acids is 2. The highest BCUT2D eigenvalue weighted by Crippen LogP contribution is 2.35. The quantitative estimate of drug-likeness (QED) is 0.335. The molecule has 132 valence electrons. The molecule has 26 heavy (non-hydrogen) atoms. The molecular formula is C19H16N2O5. The van der Waals surface area contributed by atoms with Crippen LogP contribution in [0.4, 0.5) is 0 Å². The van der Waals surface area contributed by atoms with Crippen LogP contribution in [0.25, 0.3) is 21.9 Å². The Labute approximate surface area is 148 Å². The minimum Gasteiger partial charge on any atom is -0.440 e. The molecule has 0 bridgehead atoms. The Bertz CT molecular complexity index is 1100. The number of aryl methyl sites for hydroxylation is 1. The van der Waals surface area contributed by atoms with Crippen LogP contribution in [0.1, 0.15) is 33.5 Å². The Hall–Kier alpha value is -3.03. The second-order valence-corrected chi connectivity index (χ2v) is 6.39. The molecule has 0 radical (unpaired) electrons. The average molecular weight is 352 g/mol. The van der Waals surface area contributed by atoms with Gasteiger partial charge in [0.05, 0.1) is 12.1 Å². The van der Waals surface area contributed by atoms with Gasteiger partial charge in [-0.05, 0) is 24.6 Å². The molecule has 0 saturated carbocycles. The Morgan fingerprint density at radius 2 is 2.08 bits per heavy atom. The van der Waals surface area contributed by atoms with Crippen molar-refractivity contribution in [3.8, 4) is 0 Å². The van der Waals surface area contributed by atoms with E-state index in [9.17, 15) is 9.59 Å².